The Balaban J connectivity index is 2.46. The summed E-state index contributed by atoms with van der Waals surface area (Å²) in [4.78, 5) is 2.30. The van der Waals surface area contributed by atoms with Crippen LogP contribution in [0.25, 0.3) is 0 Å². The highest BCUT2D eigenvalue weighted by Crippen LogP contribution is 2.24. The van der Waals surface area contributed by atoms with Crippen molar-refractivity contribution in [1.82, 2.24) is 10.2 Å². The number of nitrogens with one attached hydrogen (secondary N) is 1. The van der Waals surface area contributed by atoms with Gasteiger partial charge in [0.15, 0.2) is 0 Å². The average Bonchev–Trinajstić information content (AvgIpc) is 2.36. The standard InChI is InChI=1S/C10H22N2/c1-4-6-10(9-12(2)3)7-5-8-11-10/h11H,4-9H2,1-3H3. The van der Waals surface area contributed by atoms with E-state index in [4.69, 9.17) is 0 Å². The zero-order chi connectivity index (χ0) is 9.03. The zero-order valence-corrected chi connectivity index (χ0v) is 8.69. The van der Waals surface area contributed by atoms with Gasteiger partial charge in [-0.2, -0.15) is 0 Å². The molecule has 0 bridgehead atoms. The van der Waals surface area contributed by atoms with Gasteiger partial charge in [0.1, 0.15) is 0 Å². The van der Waals surface area contributed by atoms with Gasteiger partial charge in [-0.25, -0.2) is 0 Å². The lowest BCUT2D eigenvalue weighted by Gasteiger charge is -2.32. The van der Waals surface area contributed by atoms with E-state index < -0.39 is 0 Å². The van der Waals surface area contributed by atoms with Crippen molar-refractivity contribution in [2.75, 3.05) is 27.2 Å². The molecule has 0 saturated carbocycles. The van der Waals surface area contributed by atoms with Crippen molar-refractivity contribution in [3.05, 3.63) is 0 Å². The Morgan fingerprint density at radius 3 is 2.58 bits per heavy atom. The SMILES string of the molecule is CCCC1(CN(C)C)CCCN1. The molecule has 2 heteroatoms. The van der Waals surface area contributed by atoms with E-state index in [-0.39, 0.29) is 0 Å². The Morgan fingerprint density at radius 1 is 1.42 bits per heavy atom. The second kappa shape index (κ2) is 4.24. The Bertz CT molecular complexity index is 126. The monoisotopic (exact) mass is 170 g/mol. The van der Waals surface area contributed by atoms with Crippen LogP contribution in [0.3, 0.4) is 0 Å². The van der Waals surface area contributed by atoms with Crippen LogP contribution in [0.1, 0.15) is 32.6 Å². The van der Waals surface area contributed by atoms with E-state index in [9.17, 15) is 0 Å². The zero-order valence-electron chi connectivity index (χ0n) is 8.69. The molecule has 0 radical (unpaired) electrons. The first-order valence-corrected chi connectivity index (χ1v) is 5.08. The van der Waals surface area contributed by atoms with Gasteiger partial charge >= 0.3 is 0 Å². The lowest BCUT2D eigenvalue weighted by atomic mass is 9.91. The van der Waals surface area contributed by atoms with Crippen molar-refractivity contribution in [3.63, 3.8) is 0 Å². The Labute approximate surface area is 76.3 Å². The van der Waals surface area contributed by atoms with Crippen LogP contribution in [0, 0.1) is 0 Å². The summed E-state index contributed by atoms with van der Waals surface area (Å²) in [7, 11) is 4.33. The lowest BCUT2D eigenvalue weighted by molar-refractivity contribution is 0.241. The molecule has 1 aliphatic heterocycles. The highest BCUT2D eigenvalue weighted by molar-refractivity contribution is 4.94. The van der Waals surface area contributed by atoms with Crippen LogP contribution >= 0.6 is 0 Å². The maximum Gasteiger partial charge on any atom is 0.0308 e. The van der Waals surface area contributed by atoms with Crippen LogP contribution < -0.4 is 5.32 Å². The van der Waals surface area contributed by atoms with E-state index in [0.717, 1.165) is 0 Å². The van der Waals surface area contributed by atoms with Crippen molar-refractivity contribution in [1.29, 1.82) is 0 Å². The molecule has 0 amide bonds. The van der Waals surface area contributed by atoms with Gasteiger partial charge in [-0.1, -0.05) is 13.3 Å². The van der Waals surface area contributed by atoms with Crippen molar-refractivity contribution >= 4 is 0 Å². The van der Waals surface area contributed by atoms with Gasteiger partial charge in [-0.3, -0.25) is 0 Å². The van der Waals surface area contributed by atoms with Crippen molar-refractivity contribution in [3.8, 4) is 0 Å². The molecule has 2 nitrogen and oxygen atoms in total. The fourth-order valence-electron chi connectivity index (χ4n) is 2.38. The quantitative estimate of drug-likeness (QED) is 0.687. The van der Waals surface area contributed by atoms with E-state index in [1.807, 2.05) is 0 Å². The molecule has 1 atom stereocenters. The maximum atomic E-state index is 3.66. The van der Waals surface area contributed by atoms with E-state index in [1.165, 1.54) is 38.8 Å². The van der Waals surface area contributed by atoms with Crippen LogP contribution in [0.2, 0.25) is 0 Å². The highest BCUT2D eigenvalue weighted by Gasteiger charge is 2.32. The average molecular weight is 170 g/mol. The molecule has 1 rings (SSSR count). The molecule has 12 heavy (non-hydrogen) atoms. The van der Waals surface area contributed by atoms with Crippen molar-refractivity contribution in [2.45, 2.75) is 38.1 Å². The molecule has 1 unspecified atom stereocenters. The largest absolute Gasteiger partial charge is 0.310 e. The first kappa shape index (κ1) is 10.0. The predicted molar refractivity (Wildman–Crippen MR) is 53.4 cm³/mol. The summed E-state index contributed by atoms with van der Waals surface area (Å²) in [6, 6.07) is 0. The van der Waals surface area contributed by atoms with E-state index in [1.54, 1.807) is 0 Å². The van der Waals surface area contributed by atoms with E-state index in [2.05, 4.69) is 31.2 Å². The van der Waals surface area contributed by atoms with Gasteiger partial charge in [0.25, 0.3) is 0 Å². The number of likely N-dealkylation sites (N-methyl/N-ethyl adjacent to an activating group) is 1. The predicted octanol–water partition coefficient (Wildman–Crippen LogP) is 1.47. The molecule has 0 aliphatic carbocycles. The molecule has 1 N–H and O–H groups in total. The molecule has 72 valence electrons. The molecule has 1 heterocycles. The Kier molecular flexibility index (Phi) is 3.53. The summed E-state index contributed by atoms with van der Waals surface area (Å²) in [5.41, 5.74) is 0.443. The first-order chi connectivity index (χ1) is 5.68. The first-order valence-electron chi connectivity index (χ1n) is 5.08. The number of hydrogen-bond acceptors (Lipinski definition) is 2. The van der Waals surface area contributed by atoms with Gasteiger partial charge < -0.3 is 10.2 Å². The molecule has 1 saturated heterocycles. The Hall–Kier alpha value is -0.0800. The van der Waals surface area contributed by atoms with E-state index >= 15 is 0 Å². The van der Waals surface area contributed by atoms with Crippen LogP contribution in [-0.2, 0) is 0 Å². The van der Waals surface area contributed by atoms with Crippen molar-refractivity contribution < 1.29 is 0 Å². The second-order valence-corrected chi connectivity index (χ2v) is 4.30. The fraction of sp³-hybridized carbons (Fsp3) is 1.00. The normalized spacial score (nSPS) is 30.0. The van der Waals surface area contributed by atoms with E-state index in [0.29, 0.717) is 5.54 Å². The van der Waals surface area contributed by atoms with Gasteiger partial charge in [0.2, 0.25) is 0 Å². The summed E-state index contributed by atoms with van der Waals surface area (Å²) < 4.78 is 0. The number of rotatable bonds is 4. The lowest BCUT2D eigenvalue weighted by Crippen LogP contribution is -2.47. The van der Waals surface area contributed by atoms with Gasteiger partial charge in [0, 0.05) is 12.1 Å². The van der Waals surface area contributed by atoms with Crippen LogP contribution in [0.5, 0.6) is 0 Å². The summed E-state index contributed by atoms with van der Waals surface area (Å²) >= 11 is 0. The Morgan fingerprint density at radius 2 is 2.17 bits per heavy atom. The molecule has 0 aromatic carbocycles. The molecular formula is C10H22N2. The molecule has 0 aromatic heterocycles. The van der Waals surface area contributed by atoms with Crippen LogP contribution in [-0.4, -0.2) is 37.6 Å². The summed E-state index contributed by atoms with van der Waals surface area (Å²) in [6.07, 6.45) is 5.33. The summed E-state index contributed by atoms with van der Waals surface area (Å²) in [5.74, 6) is 0. The molecular weight excluding hydrogens is 148 g/mol. The third kappa shape index (κ3) is 2.46. The van der Waals surface area contributed by atoms with Gasteiger partial charge in [-0.05, 0) is 39.9 Å². The summed E-state index contributed by atoms with van der Waals surface area (Å²) in [5, 5.41) is 3.66. The van der Waals surface area contributed by atoms with Crippen LogP contribution in [0.15, 0.2) is 0 Å². The smallest absolute Gasteiger partial charge is 0.0308 e. The molecule has 0 aromatic rings. The molecule has 1 aliphatic rings. The number of nitrogens with zero attached hydrogens (tertiary/aromatic N) is 1. The maximum absolute atomic E-state index is 3.66. The second-order valence-electron chi connectivity index (χ2n) is 4.30. The van der Waals surface area contributed by atoms with Crippen molar-refractivity contribution in [2.24, 2.45) is 0 Å². The van der Waals surface area contributed by atoms with Crippen LogP contribution in [0.4, 0.5) is 0 Å². The minimum atomic E-state index is 0.443. The van der Waals surface area contributed by atoms with Gasteiger partial charge in [-0.15, -0.1) is 0 Å². The fourth-order valence-corrected chi connectivity index (χ4v) is 2.38. The molecule has 0 spiro atoms. The third-order valence-corrected chi connectivity index (χ3v) is 2.68. The highest BCUT2D eigenvalue weighted by atomic mass is 15.1. The molecule has 1 fully saturated rings. The third-order valence-electron chi connectivity index (χ3n) is 2.68. The summed E-state index contributed by atoms with van der Waals surface area (Å²) in [6.45, 7) is 4.69. The minimum Gasteiger partial charge on any atom is -0.310 e. The minimum absolute atomic E-state index is 0.443. The van der Waals surface area contributed by atoms with Gasteiger partial charge in [0.05, 0.1) is 0 Å². The number of hydrogen-bond donors (Lipinski definition) is 1. The topological polar surface area (TPSA) is 15.3 Å².